The summed E-state index contributed by atoms with van der Waals surface area (Å²) in [4.78, 5) is 55.6. The summed E-state index contributed by atoms with van der Waals surface area (Å²) in [5.41, 5.74) is 11.0. The van der Waals surface area contributed by atoms with E-state index in [1.54, 1.807) is 6.07 Å². The van der Waals surface area contributed by atoms with Gasteiger partial charge in [0.1, 0.15) is 11.6 Å². The third-order valence-electron chi connectivity index (χ3n) is 7.28. The summed E-state index contributed by atoms with van der Waals surface area (Å²) in [5, 5.41) is 2.58. The number of anilines is 3. The molecule has 236 valence electrons. The number of nitrogen functional groups attached to an aromatic ring is 1. The summed E-state index contributed by atoms with van der Waals surface area (Å²) in [5.74, 6) is -3.42. The summed E-state index contributed by atoms with van der Waals surface area (Å²) < 4.78 is 45.1. The van der Waals surface area contributed by atoms with Gasteiger partial charge in [0.15, 0.2) is 9.34 Å². The Kier molecular flexibility index (Phi) is 8.62. The second kappa shape index (κ2) is 12.3. The Morgan fingerprint density at radius 3 is 2.38 bits per heavy atom. The summed E-state index contributed by atoms with van der Waals surface area (Å²) in [7, 11) is -4.11. The van der Waals surface area contributed by atoms with Crippen molar-refractivity contribution in [1.82, 2.24) is 14.1 Å². The quantitative estimate of drug-likeness (QED) is 0.189. The fourth-order valence-corrected chi connectivity index (χ4v) is 7.45. The van der Waals surface area contributed by atoms with Crippen molar-refractivity contribution in [2.75, 3.05) is 15.8 Å². The number of nitrogens with two attached hydrogens (primary N) is 2. The van der Waals surface area contributed by atoms with Crippen LogP contribution in [0.2, 0.25) is 0 Å². The molecule has 16 heteroatoms. The Morgan fingerprint density at radius 1 is 1.11 bits per heavy atom. The van der Waals surface area contributed by atoms with Crippen molar-refractivity contribution < 1.29 is 22.4 Å². The topological polar surface area (TPSA) is 201 Å². The number of aryl methyl sites for hydroxylation is 1. The van der Waals surface area contributed by atoms with Crippen LogP contribution in [0.25, 0.3) is 0 Å². The number of nitrogens with one attached hydrogen (secondary N) is 2. The minimum Gasteiger partial charge on any atom is -0.385 e. The van der Waals surface area contributed by atoms with Crippen molar-refractivity contribution in [1.29, 1.82) is 0 Å². The zero-order chi connectivity index (χ0) is 32.6. The van der Waals surface area contributed by atoms with Gasteiger partial charge in [0.05, 0.1) is 23.7 Å². The van der Waals surface area contributed by atoms with Crippen LogP contribution in [0, 0.1) is 18.7 Å². The van der Waals surface area contributed by atoms with Gasteiger partial charge in [-0.05, 0) is 49.4 Å². The van der Waals surface area contributed by atoms with E-state index in [4.69, 9.17) is 11.5 Å². The van der Waals surface area contributed by atoms with Gasteiger partial charge in [-0.1, -0.05) is 41.7 Å². The maximum Gasteiger partial charge on any atom is 0.332 e. The molecular weight excluding hydrogens is 625 g/mol. The van der Waals surface area contributed by atoms with Crippen LogP contribution in [-0.4, -0.2) is 34.4 Å². The molecule has 0 saturated heterocycles. The molecule has 1 saturated carbocycles. The van der Waals surface area contributed by atoms with E-state index >= 15 is 0 Å². The lowest BCUT2D eigenvalue weighted by Crippen LogP contribution is -2.45. The van der Waals surface area contributed by atoms with Gasteiger partial charge >= 0.3 is 5.69 Å². The van der Waals surface area contributed by atoms with Crippen molar-refractivity contribution in [2.24, 2.45) is 11.7 Å². The second-order valence-corrected chi connectivity index (χ2v) is 13.6. The number of halogens is 1. The molecule has 1 unspecified atom stereocenters. The van der Waals surface area contributed by atoms with Crippen LogP contribution >= 0.6 is 11.3 Å². The van der Waals surface area contributed by atoms with Gasteiger partial charge in [0, 0.05) is 24.7 Å². The van der Waals surface area contributed by atoms with Crippen LogP contribution in [0.1, 0.15) is 48.1 Å². The number of primary amides is 1. The predicted octanol–water partition coefficient (Wildman–Crippen LogP) is 2.33. The number of thiazole rings is 1. The maximum atomic E-state index is 14.5. The zero-order valence-corrected chi connectivity index (χ0v) is 25.9. The minimum atomic E-state index is -4.11. The third kappa shape index (κ3) is 6.66. The van der Waals surface area contributed by atoms with Gasteiger partial charge in [0.25, 0.3) is 15.6 Å². The molecule has 0 spiro atoms. The molecule has 2 heterocycles. The first kappa shape index (κ1) is 31.6. The number of aromatic nitrogens is 3. The van der Waals surface area contributed by atoms with E-state index in [0.29, 0.717) is 0 Å². The average Bonchev–Trinajstić information content (AvgIpc) is 3.72. The number of hydrogen-bond acceptors (Lipinski definition) is 9. The first-order valence-corrected chi connectivity index (χ1v) is 16.1. The standard InChI is InChI=1S/C29H30FN7O6S2/c1-15-27(44-28(33-15)34-16(2)38)45(42,43)35-20-11-9-18(10-12-20)22(25(32)39)23-24(31)36(13-17-7-8-17)29(41)37(26(23)40)14-19-5-3-4-6-21(19)30/h3-6,9-12,17,22,35H,7-8,13-14,31H2,1-2H3,(H2,32,39)(H,33,34,38). The van der Waals surface area contributed by atoms with Gasteiger partial charge in [-0.25, -0.2) is 22.6 Å². The van der Waals surface area contributed by atoms with Crippen LogP contribution in [-0.2, 0) is 32.7 Å². The normalized spacial score (nSPS) is 13.8. The smallest absolute Gasteiger partial charge is 0.332 e. The zero-order valence-electron chi connectivity index (χ0n) is 24.2. The average molecular weight is 656 g/mol. The maximum absolute atomic E-state index is 14.5. The lowest BCUT2D eigenvalue weighted by molar-refractivity contribution is -0.118. The van der Waals surface area contributed by atoms with Crippen molar-refractivity contribution >= 4 is 49.8 Å². The van der Waals surface area contributed by atoms with E-state index in [0.717, 1.165) is 28.7 Å². The molecule has 4 aromatic rings. The first-order valence-electron chi connectivity index (χ1n) is 13.8. The van der Waals surface area contributed by atoms with E-state index in [1.165, 1.54) is 60.9 Å². The Morgan fingerprint density at radius 2 is 1.78 bits per heavy atom. The fourth-order valence-electron chi connectivity index (χ4n) is 4.93. The monoisotopic (exact) mass is 655 g/mol. The number of benzene rings is 2. The highest BCUT2D eigenvalue weighted by Crippen LogP contribution is 2.33. The Hall–Kier alpha value is -4.83. The molecule has 1 aliphatic rings. The lowest BCUT2D eigenvalue weighted by atomic mass is 9.91. The molecule has 6 N–H and O–H groups in total. The molecule has 0 aliphatic heterocycles. The van der Waals surface area contributed by atoms with E-state index in [2.05, 4.69) is 15.0 Å². The minimum absolute atomic E-state index is 0.0954. The van der Waals surface area contributed by atoms with Crippen molar-refractivity contribution in [3.05, 3.63) is 97.6 Å². The fraction of sp³-hybridized carbons (Fsp3) is 0.276. The van der Waals surface area contributed by atoms with Crippen LogP contribution in [0.5, 0.6) is 0 Å². The third-order valence-corrected chi connectivity index (χ3v) is 10.3. The number of carbonyl (C=O) groups excluding carboxylic acids is 2. The van der Waals surface area contributed by atoms with Crippen molar-refractivity contribution in [3.63, 3.8) is 0 Å². The summed E-state index contributed by atoms with van der Waals surface area (Å²) >= 11 is 0.783. The highest BCUT2D eigenvalue weighted by molar-refractivity contribution is 7.94. The molecule has 0 bridgehead atoms. The molecule has 2 aromatic heterocycles. The number of nitrogens with zero attached hydrogens (tertiary/aromatic N) is 3. The van der Waals surface area contributed by atoms with E-state index in [1.807, 2.05) is 0 Å². The van der Waals surface area contributed by atoms with Gasteiger partial charge in [0.2, 0.25) is 11.8 Å². The van der Waals surface area contributed by atoms with Crippen LogP contribution in [0.3, 0.4) is 0 Å². The molecule has 45 heavy (non-hydrogen) atoms. The van der Waals surface area contributed by atoms with E-state index in [-0.39, 0.29) is 55.7 Å². The highest BCUT2D eigenvalue weighted by Gasteiger charge is 2.32. The Bertz CT molecular complexity index is 2030. The second-order valence-electron chi connectivity index (χ2n) is 10.8. The molecule has 2 amide bonds. The molecule has 0 radical (unpaired) electrons. The molecular formula is C29H30FN7O6S2. The highest BCUT2D eigenvalue weighted by atomic mass is 32.2. The molecule has 2 aromatic carbocycles. The molecule has 5 rings (SSSR count). The molecule has 1 atom stereocenters. The van der Waals surface area contributed by atoms with Crippen LogP contribution in [0.4, 0.5) is 21.0 Å². The Labute approximate surface area is 260 Å². The largest absolute Gasteiger partial charge is 0.385 e. The van der Waals surface area contributed by atoms with Crippen molar-refractivity contribution in [2.45, 2.75) is 49.9 Å². The van der Waals surface area contributed by atoms with E-state index in [9.17, 15) is 32.0 Å². The summed E-state index contributed by atoms with van der Waals surface area (Å²) in [6.45, 7) is 2.58. The first-order chi connectivity index (χ1) is 21.3. The number of rotatable bonds is 11. The van der Waals surface area contributed by atoms with Crippen LogP contribution in [0.15, 0.2) is 62.3 Å². The van der Waals surface area contributed by atoms with Gasteiger partial charge in [-0.15, -0.1) is 0 Å². The number of carbonyl (C=O) groups is 2. The molecule has 1 fully saturated rings. The summed E-state index contributed by atoms with van der Waals surface area (Å²) in [6, 6.07) is 11.3. The number of amides is 2. The number of hydrogen-bond donors (Lipinski definition) is 4. The molecule has 13 nitrogen and oxygen atoms in total. The van der Waals surface area contributed by atoms with Crippen molar-refractivity contribution in [3.8, 4) is 0 Å². The van der Waals surface area contributed by atoms with Crippen LogP contribution < -0.4 is 32.8 Å². The van der Waals surface area contributed by atoms with Gasteiger partial charge in [-0.2, -0.15) is 0 Å². The van der Waals surface area contributed by atoms with Gasteiger partial charge < -0.3 is 16.8 Å². The predicted molar refractivity (Wildman–Crippen MR) is 167 cm³/mol. The Balaban J connectivity index is 1.53. The van der Waals surface area contributed by atoms with Gasteiger partial charge in [-0.3, -0.25) is 28.2 Å². The summed E-state index contributed by atoms with van der Waals surface area (Å²) in [6.07, 6.45) is 1.72. The molecule has 1 aliphatic carbocycles. The number of sulfonamides is 1. The lowest BCUT2D eigenvalue weighted by Gasteiger charge is -2.21. The SMILES string of the molecule is CC(=O)Nc1nc(C)c(S(=O)(=O)Nc2ccc(C(C(N)=O)c3c(N)n(CC4CC4)c(=O)n(Cc4ccccc4F)c3=O)cc2)s1. The van der Waals surface area contributed by atoms with E-state index < -0.39 is 51.4 Å².